The number of carbonyl (C=O) groups excluding carboxylic acids is 1. The third-order valence-electron chi connectivity index (χ3n) is 1.37. The Morgan fingerprint density at radius 3 is 2.62 bits per heavy atom. The molecule has 4 nitrogen and oxygen atoms in total. The molecule has 0 aliphatic rings. The molecule has 0 saturated carbocycles. The van der Waals surface area contributed by atoms with Gasteiger partial charge in [0.25, 0.3) is 0 Å². The fourth-order valence-electron chi connectivity index (χ4n) is 0.830. The van der Waals surface area contributed by atoms with Crippen molar-refractivity contribution in [3.05, 3.63) is 29.8 Å². The first-order valence-corrected chi connectivity index (χ1v) is 3.61. The maximum absolute atomic E-state index is 10.6. The molecule has 4 heteroatoms. The van der Waals surface area contributed by atoms with E-state index in [0.29, 0.717) is 0 Å². The molecule has 0 heterocycles. The minimum atomic E-state index is -1.60. The molecule has 0 aliphatic carbocycles. The van der Waals surface area contributed by atoms with E-state index in [1.54, 1.807) is 12.1 Å². The van der Waals surface area contributed by atoms with Gasteiger partial charge in [-0.05, 0) is 24.6 Å². The summed E-state index contributed by atoms with van der Waals surface area (Å²) in [4.78, 5) is 20.7. The number of carboxylic acid groups (broad SMARTS) is 1. The number of benzene rings is 1. The Hall–Kier alpha value is -1.84. The van der Waals surface area contributed by atoms with Gasteiger partial charge in [-0.15, -0.1) is 0 Å². The van der Waals surface area contributed by atoms with Crippen LogP contribution in [0.25, 0.3) is 0 Å². The quantitative estimate of drug-likeness (QED) is 0.397. The molecule has 0 spiro atoms. The van der Waals surface area contributed by atoms with E-state index in [1.165, 1.54) is 6.07 Å². The number of rotatable bonds is 1. The molecule has 0 aromatic heterocycles. The van der Waals surface area contributed by atoms with Gasteiger partial charge in [0.1, 0.15) is 5.75 Å². The van der Waals surface area contributed by atoms with Crippen molar-refractivity contribution < 1.29 is 19.4 Å². The summed E-state index contributed by atoms with van der Waals surface area (Å²) in [7, 11) is 0. The van der Waals surface area contributed by atoms with Gasteiger partial charge in [0.2, 0.25) is 0 Å². The summed E-state index contributed by atoms with van der Waals surface area (Å²) in [6.07, 6.45) is 0. The van der Waals surface area contributed by atoms with Gasteiger partial charge in [-0.3, -0.25) is 0 Å². The Bertz CT molecular complexity index is 343. The number of hydrogen-bond donors (Lipinski definition) is 1. The summed E-state index contributed by atoms with van der Waals surface area (Å²) in [5.74, 6) is -2.63. The SMILES string of the molecule is Cc1cccc(OC(=O)C(=O)O)c1. The number of hydrogen-bond acceptors (Lipinski definition) is 3. The topological polar surface area (TPSA) is 63.6 Å². The van der Waals surface area contributed by atoms with Crippen LogP contribution in [0.2, 0.25) is 0 Å². The monoisotopic (exact) mass is 180 g/mol. The third kappa shape index (κ3) is 2.59. The van der Waals surface area contributed by atoms with E-state index < -0.39 is 11.9 Å². The molecule has 68 valence electrons. The lowest BCUT2D eigenvalue weighted by Gasteiger charge is -2.00. The first-order valence-electron chi connectivity index (χ1n) is 3.61. The lowest BCUT2D eigenvalue weighted by atomic mass is 10.2. The van der Waals surface area contributed by atoms with Gasteiger partial charge in [-0.1, -0.05) is 12.1 Å². The molecule has 1 aromatic rings. The zero-order valence-corrected chi connectivity index (χ0v) is 6.98. The Kier molecular flexibility index (Phi) is 2.64. The highest BCUT2D eigenvalue weighted by molar-refractivity contribution is 6.29. The van der Waals surface area contributed by atoms with Crippen LogP contribution in [-0.2, 0) is 9.59 Å². The van der Waals surface area contributed by atoms with Crippen molar-refractivity contribution in [2.75, 3.05) is 0 Å². The van der Waals surface area contributed by atoms with Gasteiger partial charge in [0, 0.05) is 0 Å². The summed E-state index contributed by atoms with van der Waals surface area (Å²) in [6, 6.07) is 6.60. The molecule has 0 aliphatic heterocycles. The third-order valence-corrected chi connectivity index (χ3v) is 1.37. The van der Waals surface area contributed by atoms with Crippen LogP contribution in [0.1, 0.15) is 5.56 Å². The summed E-state index contributed by atoms with van der Waals surface area (Å²) < 4.78 is 4.52. The smallest absolute Gasteiger partial charge is 0.422 e. The van der Waals surface area contributed by atoms with Crippen molar-refractivity contribution in [3.8, 4) is 5.75 Å². The second kappa shape index (κ2) is 3.71. The minimum absolute atomic E-state index is 0.243. The number of carboxylic acids is 1. The van der Waals surface area contributed by atoms with Crippen molar-refractivity contribution >= 4 is 11.9 Å². The predicted molar refractivity (Wildman–Crippen MR) is 44.4 cm³/mol. The molecule has 1 rings (SSSR count). The van der Waals surface area contributed by atoms with E-state index in [1.807, 2.05) is 13.0 Å². The van der Waals surface area contributed by atoms with Gasteiger partial charge in [-0.25, -0.2) is 9.59 Å². The van der Waals surface area contributed by atoms with Crippen molar-refractivity contribution in [1.82, 2.24) is 0 Å². The van der Waals surface area contributed by atoms with Gasteiger partial charge in [-0.2, -0.15) is 0 Å². The summed E-state index contributed by atoms with van der Waals surface area (Å²) in [6.45, 7) is 1.82. The van der Waals surface area contributed by atoms with Crippen LogP contribution in [-0.4, -0.2) is 17.0 Å². The summed E-state index contributed by atoms with van der Waals surface area (Å²) in [5, 5.41) is 8.24. The summed E-state index contributed by atoms with van der Waals surface area (Å²) in [5.41, 5.74) is 0.899. The van der Waals surface area contributed by atoms with Gasteiger partial charge in [0.15, 0.2) is 0 Å². The molecular weight excluding hydrogens is 172 g/mol. The van der Waals surface area contributed by atoms with Gasteiger partial charge >= 0.3 is 11.9 Å². The number of carbonyl (C=O) groups is 2. The molecular formula is C9H8O4. The van der Waals surface area contributed by atoms with Crippen molar-refractivity contribution in [1.29, 1.82) is 0 Å². The second-order valence-electron chi connectivity index (χ2n) is 2.51. The lowest BCUT2D eigenvalue weighted by molar-refractivity contribution is -0.158. The molecule has 13 heavy (non-hydrogen) atoms. The lowest BCUT2D eigenvalue weighted by Crippen LogP contribution is -2.19. The second-order valence-corrected chi connectivity index (χ2v) is 2.51. The van der Waals surface area contributed by atoms with Crippen LogP contribution in [0.3, 0.4) is 0 Å². The van der Waals surface area contributed by atoms with E-state index in [0.717, 1.165) is 5.56 Å². The van der Waals surface area contributed by atoms with E-state index in [9.17, 15) is 9.59 Å². The van der Waals surface area contributed by atoms with Crippen LogP contribution in [0, 0.1) is 6.92 Å². The Morgan fingerprint density at radius 2 is 2.08 bits per heavy atom. The predicted octanol–water partition coefficient (Wildman–Crippen LogP) is 0.985. The maximum atomic E-state index is 10.6. The maximum Gasteiger partial charge on any atom is 0.422 e. The average molecular weight is 180 g/mol. The molecule has 0 amide bonds. The molecule has 0 fully saturated rings. The standard InChI is InChI=1S/C9H8O4/c1-6-3-2-4-7(5-6)13-9(12)8(10)11/h2-5H,1H3,(H,10,11). The number of aryl methyl sites for hydroxylation is 1. The van der Waals surface area contributed by atoms with Crippen molar-refractivity contribution in [2.45, 2.75) is 6.92 Å². The first kappa shape index (κ1) is 9.25. The van der Waals surface area contributed by atoms with Crippen LogP contribution >= 0.6 is 0 Å². The Morgan fingerprint density at radius 1 is 1.38 bits per heavy atom. The fraction of sp³-hybridized carbons (Fsp3) is 0.111. The highest BCUT2D eigenvalue weighted by Gasteiger charge is 2.13. The highest BCUT2D eigenvalue weighted by atomic mass is 16.6. The van der Waals surface area contributed by atoms with Crippen LogP contribution in [0.5, 0.6) is 5.75 Å². The average Bonchev–Trinajstić information content (AvgIpc) is 2.04. The van der Waals surface area contributed by atoms with E-state index in [2.05, 4.69) is 4.74 Å². The number of aliphatic carboxylic acids is 1. The summed E-state index contributed by atoms with van der Waals surface area (Å²) >= 11 is 0. The fourth-order valence-corrected chi connectivity index (χ4v) is 0.830. The van der Waals surface area contributed by atoms with Crippen molar-refractivity contribution in [3.63, 3.8) is 0 Å². The van der Waals surface area contributed by atoms with Crippen molar-refractivity contribution in [2.24, 2.45) is 0 Å². The van der Waals surface area contributed by atoms with Gasteiger partial charge < -0.3 is 9.84 Å². The molecule has 0 saturated heterocycles. The molecule has 0 unspecified atom stereocenters. The van der Waals surface area contributed by atoms with Crippen LogP contribution < -0.4 is 4.74 Å². The van der Waals surface area contributed by atoms with Crippen LogP contribution in [0.4, 0.5) is 0 Å². The Balaban J connectivity index is 2.75. The zero-order valence-electron chi connectivity index (χ0n) is 6.98. The molecule has 1 aromatic carbocycles. The minimum Gasteiger partial charge on any atom is -0.473 e. The molecule has 0 atom stereocenters. The van der Waals surface area contributed by atoms with Crippen LogP contribution in [0.15, 0.2) is 24.3 Å². The van der Waals surface area contributed by atoms with E-state index >= 15 is 0 Å². The number of ether oxygens (including phenoxy) is 1. The van der Waals surface area contributed by atoms with E-state index in [4.69, 9.17) is 5.11 Å². The normalized spacial score (nSPS) is 9.31. The first-order chi connectivity index (χ1) is 6.09. The Labute approximate surface area is 74.8 Å². The molecule has 1 N–H and O–H groups in total. The van der Waals surface area contributed by atoms with Gasteiger partial charge in [0.05, 0.1) is 0 Å². The molecule has 0 radical (unpaired) electrons. The van der Waals surface area contributed by atoms with E-state index in [-0.39, 0.29) is 5.75 Å². The zero-order chi connectivity index (χ0) is 9.84. The molecule has 0 bridgehead atoms. The highest BCUT2D eigenvalue weighted by Crippen LogP contribution is 2.12. The number of esters is 1. The largest absolute Gasteiger partial charge is 0.473 e.